The van der Waals surface area contributed by atoms with Gasteiger partial charge in [0.15, 0.2) is 5.82 Å². The molecule has 0 aliphatic rings. The van der Waals surface area contributed by atoms with E-state index >= 15 is 0 Å². The lowest BCUT2D eigenvalue weighted by molar-refractivity contribution is 0.200. The van der Waals surface area contributed by atoms with E-state index in [9.17, 15) is 0 Å². The molecule has 0 saturated carbocycles. The summed E-state index contributed by atoms with van der Waals surface area (Å²) < 4.78 is 6.47. The third-order valence-electron chi connectivity index (χ3n) is 2.63. The normalized spacial score (nSPS) is 10.9. The SMILES string of the molecule is COCCc1nnc(SCc2cc(Cl)ccc2Cl)n1N. The molecule has 0 aliphatic carbocycles. The predicted molar refractivity (Wildman–Crippen MR) is 81.8 cm³/mol. The van der Waals surface area contributed by atoms with Crippen molar-refractivity contribution in [3.8, 4) is 0 Å². The van der Waals surface area contributed by atoms with Crippen molar-refractivity contribution in [2.24, 2.45) is 0 Å². The Morgan fingerprint density at radius 2 is 2.15 bits per heavy atom. The summed E-state index contributed by atoms with van der Waals surface area (Å²) in [7, 11) is 1.63. The lowest BCUT2D eigenvalue weighted by Crippen LogP contribution is -2.15. The Kier molecular flexibility index (Phi) is 5.54. The first-order chi connectivity index (χ1) is 9.61. The first-order valence-electron chi connectivity index (χ1n) is 5.87. The molecule has 8 heteroatoms. The van der Waals surface area contributed by atoms with Gasteiger partial charge < -0.3 is 10.6 Å². The second-order valence-electron chi connectivity index (χ2n) is 4.04. The number of aromatic nitrogens is 3. The van der Waals surface area contributed by atoms with Crippen LogP contribution in [0.2, 0.25) is 10.0 Å². The van der Waals surface area contributed by atoms with Gasteiger partial charge in [-0.25, -0.2) is 4.68 Å². The Balaban J connectivity index is 2.04. The molecular weight excluding hydrogens is 319 g/mol. The first-order valence-corrected chi connectivity index (χ1v) is 7.61. The Bertz CT molecular complexity index is 591. The summed E-state index contributed by atoms with van der Waals surface area (Å²) in [5, 5.41) is 10.0. The van der Waals surface area contributed by atoms with Gasteiger partial charge in [-0.3, -0.25) is 0 Å². The molecule has 0 amide bonds. The van der Waals surface area contributed by atoms with E-state index in [2.05, 4.69) is 10.2 Å². The highest BCUT2D eigenvalue weighted by Crippen LogP contribution is 2.27. The van der Waals surface area contributed by atoms with E-state index in [0.29, 0.717) is 39.8 Å². The number of halogens is 2. The van der Waals surface area contributed by atoms with Crippen LogP contribution in [0, 0.1) is 0 Å². The van der Waals surface area contributed by atoms with Gasteiger partial charge >= 0.3 is 0 Å². The van der Waals surface area contributed by atoms with E-state index in [1.165, 1.54) is 16.4 Å². The molecule has 0 bridgehead atoms. The summed E-state index contributed by atoms with van der Waals surface area (Å²) in [5.74, 6) is 7.24. The zero-order valence-electron chi connectivity index (χ0n) is 10.8. The molecule has 1 aromatic heterocycles. The highest BCUT2D eigenvalue weighted by Gasteiger charge is 2.11. The summed E-state index contributed by atoms with van der Waals surface area (Å²) in [4.78, 5) is 0. The molecular formula is C12H14Cl2N4OS. The highest BCUT2D eigenvalue weighted by atomic mass is 35.5. The van der Waals surface area contributed by atoms with Gasteiger partial charge in [-0.15, -0.1) is 10.2 Å². The van der Waals surface area contributed by atoms with E-state index < -0.39 is 0 Å². The lowest BCUT2D eigenvalue weighted by Gasteiger charge is -2.05. The minimum atomic E-state index is 0.556. The summed E-state index contributed by atoms with van der Waals surface area (Å²) >= 11 is 13.5. The molecule has 20 heavy (non-hydrogen) atoms. The Morgan fingerprint density at radius 3 is 2.90 bits per heavy atom. The van der Waals surface area contributed by atoms with Crippen LogP contribution >= 0.6 is 35.0 Å². The molecule has 108 valence electrons. The molecule has 0 atom stereocenters. The van der Waals surface area contributed by atoms with Gasteiger partial charge in [0.1, 0.15) is 0 Å². The maximum absolute atomic E-state index is 6.11. The van der Waals surface area contributed by atoms with Gasteiger partial charge in [0.25, 0.3) is 0 Å². The van der Waals surface area contributed by atoms with Gasteiger partial charge in [0, 0.05) is 29.3 Å². The van der Waals surface area contributed by atoms with Crippen LogP contribution < -0.4 is 5.84 Å². The molecule has 2 N–H and O–H groups in total. The third-order valence-corrected chi connectivity index (χ3v) is 4.23. The lowest BCUT2D eigenvalue weighted by atomic mass is 10.2. The fourth-order valence-corrected chi connectivity index (χ4v) is 2.89. The Labute approximate surface area is 131 Å². The molecule has 0 aliphatic heterocycles. The smallest absolute Gasteiger partial charge is 0.210 e. The summed E-state index contributed by atoms with van der Waals surface area (Å²) in [6, 6.07) is 5.36. The molecule has 2 rings (SSSR count). The number of hydrogen-bond acceptors (Lipinski definition) is 5. The minimum Gasteiger partial charge on any atom is -0.384 e. The van der Waals surface area contributed by atoms with Crippen molar-refractivity contribution >= 4 is 35.0 Å². The largest absolute Gasteiger partial charge is 0.384 e. The van der Waals surface area contributed by atoms with Crippen molar-refractivity contribution < 1.29 is 4.74 Å². The van der Waals surface area contributed by atoms with Gasteiger partial charge in [0.2, 0.25) is 5.16 Å². The summed E-state index contributed by atoms with van der Waals surface area (Å²) in [5.41, 5.74) is 0.936. The molecule has 0 saturated heterocycles. The number of nitrogens with zero attached hydrogens (tertiary/aromatic N) is 3. The first kappa shape index (κ1) is 15.4. The van der Waals surface area contributed by atoms with Gasteiger partial charge in [-0.1, -0.05) is 35.0 Å². The fourth-order valence-electron chi connectivity index (χ4n) is 1.57. The number of methoxy groups -OCH3 is 1. The second kappa shape index (κ2) is 7.17. The molecule has 0 unspecified atom stereocenters. The Morgan fingerprint density at radius 1 is 1.35 bits per heavy atom. The molecule has 1 aromatic carbocycles. The van der Waals surface area contributed by atoms with E-state index in [1.54, 1.807) is 19.2 Å². The topological polar surface area (TPSA) is 66.0 Å². The van der Waals surface area contributed by atoms with E-state index in [4.69, 9.17) is 33.8 Å². The van der Waals surface area contributed by atoms with Crippen molar-refractivity contribution in [2.75, 3.05) is 19.6 Å². The number of hydrogen-bond donors (Lipinski definition) is 1. The van der Waals surface area contributed by atoms with Crippen LogP contribution in [0.25, 0.3) is 0 Å². The number of benzene rings is 1. The van der Waals surface area contributed by atoms with Crippen LogP contribution in [0.4, 0.5) is 0 Å². The van der Waals surface area contributed by atoms with Crippen LogP contribution in [0.15, 0.2) is 23.4 Å². The fraction of sp³-hybridized carbons (Fsp3) is 0.333. The van der Waals surface area contributed by atoms with Gasteiger partial charge in [-0.2, -0.15) is 0 Å². The number of rotatable bonds is 6. The van der Waals surface area contributed by atoms with Crippen molar-refractivity contribution in [1.82, 2.24) is 14.9 Å². The van der Waals surface area contributed by atoms with Crippen LogP contribution in [-0.4, -0.2) is 28.6 Å². The molecule has 5 nitrogen and oxygen atoms in total. The molecule has 1 heterocycles. The van der Waals surface area contributed by atoms with Crippen molar-refractivity contribution in [3.63, 3.8) is 0 Å². The summed E-state index contributed by atoms with van der Waals surface area (Å²) in [6.07, 6.45) is 0.623. The van der Waals surface area contributed by atoms with E-state index in [-0.39, 0.29) is 0 Å². The van der Waals surface area contributed by atoms with Gasteiger partial charge in [0.05, 0.1) is 6.61 Å². The van der Waals surface area contributed by atoms with Crippen molar-refractivity contribution in [1.29, 1.82) is 0 Å². The standard InChI is InChI=1S/C12H14Cl2N4OS/c1-19-5-4-11-16-17-12(18(11)15)20-7-8-6-9(13)2-3-10(8)14/h2-3,6H,4-5,7,15H2,1H3. The van der Waals surface area contributed by atoms with Crippen LogP contribution in [0.5, 0.6) is 0 Å². The minimum absolute atomic E-state index is 0.556. The Hall–Kier alpha value is -0.950. The van der Waals surface area contributed by atoms with Gasteiger partial charge in [-0.05, 0) is 23.8 Å². The summed E-state index contributed by atoms with van der Waals surface area (Å²) in [6.45, 7) is 0.556. The molecule has 0 spiro atoms. The third kappa shape index (κ3) is 3.79. The predicted octanol–water partition coefficient (Wildman–Crippen LogP) is 2.78. The molecule has 2 aromatic rings. The molecule has 0 radical (unpaired) electrons. The van der Waals surface area contributed by atoms with Crippen LogP contribution in [0.3, 0.4) is 0 Å². The maximum Gasteiger partial charge on any atom is 0.210 e. The van der Waals surface area contributed by atoms with Crippen molar-refractivity contribution in [3.05, 3.63) is 39.6 Å². The number of nitrogens with two attached hydrogens (primary N) is 1. The van der Waals surface area contributed by atoms with E-state index in [0.717, 1.165) is 5.56 Å². The molecule has 0 fully saturated rings. The number of ether oxygens (including phenoxy) is 1. The monoisotopic (exact) mass is 332 g/mol. The highest BCUT2D eigenvalue weighted by molar-refractivity contribution is 7.98. The van der Waals surface area contributed by atoms with Crippen LogP contribution in [-0.2, 0) is 16.9 Å². The van der Waals surface area contributed by atoms with E-state index in [1.807, 2.05) is 6.07 Å². The number of nitrogen functional groups attached to an aromatic ring is 1. The van der Waals surface area contributed by atoms with Crippen molar-refractivity contribution in [2.45, 2.75) is 17.3 Å². The zero-order chi connectivity index (χ0) is 14.5. The second-order valence-corrected chi connectivity index (χ2v) is 5.82. The average molecular weight is 333 g/mol. The van der Waals surface area contributed by atoms with Crippen LogP contribution in [0.1, 0.15) is 11.4 Å². The quantitative estimate of drug-likeness (QED) is 0.650. The maximum atomic E-state index is 6.11. The number of thioether (sulfide) groups is 1. The average Bonchev–Trinajstić information content (AvgIpc) is 2.78. The zero-order valence-corrected chi connectivity index (χ0v) is 13.2.